The van der Waals surface area contributed by atoms with E-state index in [0.29, 0.717) is 18.8 Å². The first-order chi connectivity index (χ1) is 23.2. The van der Waals surface area contributed by atoms with Crippen molar-refractivity contribution in [1.29, 1.82) is 0 Å². The molecule has 0 saturated carbocycles. The van der Waals surface area contributed by atoms with Crippen LogP contribution in [0.3, 0.4) is 0 Å². The zero-order valence-electron chi connectivity index (χ0n) is 27.4. The minimum atomic E-state index is -0.553. The molecule has 1 unspecified atom stereocenters. The van der Waals surface area contributed by atoms with E-state index in [0.717, 1.165) is 77.5 Å². The quantitative estimate of drug-likeness (QED) is 0.210. The SMILES string of the molecule is CC(C)(C)OC(=O)N1CCCC1c1ncc(-c2cnc(-c3ccc(-c4cnc([C@@H]5CCCN5C(=O)Cc5cccnc5)[nH]4)cc3)nc2)[nH]1. The molecule has 2 atom stereocenters. The Balaban J connectivity index is 0.998. The number of aromatic nitrogens is 7. The van der Waals surface area contributed by atoms with Gasteiger partial charge in [-0.05, 0) is 63.6 Å². The number of imidazole rings is 2. The highest BCUT2D eigenvalue weighted by Crippen LogP contribution is 2.34. The van der Waals surface area contributed by atoms with Gasteiger partial charge in [-0.25, -0.2) is 24.7 Å². The molecule has 4 aromatic heterocycles. The number of carbonyl (C=O) groups is 2. The molecule has 2 fully saturated rings. The van der Waals surface area contributed by atoms with E-state index in [2.05, 4.69) is 34.9 Å². The Kier molecular flexibility index (Phi) is 8.47. The van der Waals surface area contributed by atoms with Crippen LogP contribution in [0.25, 0.3) is 33.9 Å². The lowest BCUT2D eigenvalue weighted by Crippen LogP contribution is -2.36. The lowest BCUT2D eigenvalue weighted by Gasteiger charge is -2.27. The molecule has 0 spiro atoms. The summed E-state index contributed by atoms with van der Waals surface area (Å²) in [4.78, 5) is 59.0. The molecule has 0 aliphatic carbocycles. The first kappa shape index (κ1) is 31.2. The summed E-state index contributed by atoms with van der Waals surface area (Å²) in [5.41, 5.74) is 4.72. The van der Waals surface area contributed by atoms with E-state index in [4.69, 9.17) is 4.74 Å². The van der Waals surface area contributed by atoms with Gasteiger partial charge in [0, 0.05) is 49.0 Å². The van der Waals surface area contributed by atoms with Gasteiger partial charge in [0.15, 0.2) is 5.82 Å². The summed E-state index contributed by atoms with van der Waals surface area (Å²) in [5.74, 6) is 2.23. The van der Waals surface area contributed by atoms with Gasteiger partial charge in [0.1, 0.15) is 17.2 Å². The Labute approximate surface area is 279 Å². The number of rotatable bonds is 7. The number of amides is 2. The van der Waals surface area contributed by atoms with Crippen molar-refractivity contribution in [3.05, 3.63) is 90.8 Å². The number of nitrogens with zero attached hydrogens (tertiary/aromatic N) is 7. The van der Waals surface area contributed by atoms with Gasteiger partial charge < -0.3 is 19.6 Å². The lowest BCUT2D eigenvalue weighted by atomic mass is 10.1. The highest BCUT2D eigenvalue weighted by molar-refractivity contribution is 5.79. The maximum absolute atomic E-state index is 13.1. The summed E-state index contributed by atoms with van der Waals surface area (Å²) < 4.78 is 5.61. The number of hydrogen-bond donors (Lipinski definition) is 2. The van der Waals surface area contributed by atoms with Crippen molar-refractivity contribution in [1.82, 2.24) is 44.7 Å². The molecule has 2 N–H and O–H groups in total. The molecule has 7 rings (SSSR count). The van der Waals surface area contributed by atoms with Gasteiger partial charge in [0.25, 0.3) is 0 Å². The standard InChI is InChI=1S/C36H39N9O3/c1-36(2,3)48-35(47)45-16-6-9-30(45)34-41-22-28(43-34)26-19-38-32(39-20-26)25-12-10-24(11-13-25)27-21-40-33(42-27)29-8-5-15-44(29)31(46)17-23-7-4-14-37-18-23/h4,7,10-14,18-22,29-30H,5-6,8-9,15-17H2,1-3H3,(H,40,42)(H,41,43)/t29-,30?/m0/s1. The van der Waals surface area contributed by atoms with Gasteiger partial charge in [0.05, 0.1) is 42.3 Å². The van der Waals surface area contributed by atoms with E-state index in [1.807, 2.05) is 68.3 Å². The van der Waals surface area contributed by atoms with Crippen LogP contribution in [-0.2, 0) is 16.0 Å². The number of aromatic amines is 2. The van der Waals surface area contributed by atoms with Crippen molar-refractivity contribution in [2.45, 2.75) is 70.6 Å². The number of benzene rings is 1. The number of ether oxygens (including phenoxy) is 1. The molecule has 6 heterocycles. The topological polar surface area (TPSA) is 146 Å². The van der Waals surface area contributed by atoms with Gasteiger partial charge in [-0.3, -0.25) is 14.7 Å². The summed E-state index contributed by atoms with van der Waals surface area (Å²) in [6.45, 7) is 6.98. The molecule has 2 aliphatic heterocycles. The molecule has 48 heavy (non-hydrogen) atoms. The largest absolute Gasteiger partial charge is 0.444 e. The van der Waals surface area contributed by atoms with Crippen molar-refractivity contribution >= 4 is 12.0 Å². The number of hydrogen-bond acceptors (Lipinski definition) is 8. The molecule has 12 heteroatoms. The molecule has 2 saturated heterocycles. The predicted octanol–water partition coefficient (Wildman–Crippen LogP) is 6.30. The van der Waals surface area contributed by atoms with Crippen molar-refractivity contribution in [2.75, 3.05) is 13.1 Å². The summed E-state index contributed by atoms with van der Waals surface area (Å²) in [5, 5.41) is 0. The number of H-pyrrole nitrogens is 2. The highest BCUT2D eigenvalue weighted by atomic mass is 16.6. The molecule has 1 aromatic carbocycles. The molecule has 0 bridgehead atoms. The van der Waals surface area contributed by atoms with Gasteiger partial charge in [0.2, 0.25) is 5.91 Å². The maximum Gasteiger partial charge on any atom is 0.410 e. The summed E-state index contributed by atoms with van der Waals surface area (Å²) in [7, 11) is 0. The van der Waals surface area contributed by atoms with Crippen LogP contribution in [0.5, 0.6) is 0 Å². The molecular formula is C36H39N9O3. The second kappa shape index (κ2) is 13.0. The molecular weight excluding hydrogens is 606 g/mol. The lowest BCUT2D eigenvalue weighted by molar-refractivity contribution is -0.131. The van der Waals surface area contributed by atoms with Crippen LogP contribution in [0, 0.1) is 0 Å². The van der Waals surface area contributed by atoms with E-state index in [1.54, 1.807) is 35.9 Å². The van der Waals surface area contributed by atoms with Gasteiger partial charge >= 0.3 is 6.09 Å². The Bertz CT molecular complexity index is 1880. The Hall–Kier alpha value is -5.39. The number of likely N-dealkylation sites (tertiary alicyclic amines) is 2. The third kappa shape index (κ3) is 6.69. The van der Waals surface area contributed by atoms with E-state index in [9.17, 15) is 9.59 Å². The van der Waals surface area contributed by atoms with E-state index in [1.165, 1.54) is 0 Å². The van der Waals surface area contributed by atoms with Crippen LogP contribution >= 0.6 is 0 Å². The fraction of sp³-hybridized carbons (Fsp3) is 0.361. The fourth-order valence-corrected chi connectivity index (χ4v) is 6.44. The second-order valence-corrected chi connectivity index (χ2v) is 13.4. The van der Waals surface area contributed by atoms with Crippen LogP contribution in [-0.4, -0.2) is 75.4 Å². The second-order valence-electron chi connectivity index (χ2n) is 13.4. The summed E-state index contributed by atoms with van der Waals surface area (Å²) in [6.07, 6.45) is 14.1. The van der Waals surface area contributed by atoms with Gasteiger partial charge in [-0.1, -0.05) is 30.3 Å². The summed E-state index contributed by atoms with van der Waals surface area (Å²) >= 11 is 0. The van der Waals surface area contributed by atoms with E-state index < -0.39 is 5.60 Å². The third-order valence-corrected chi connectivity index (χ3v) is 8.77. The zero-order valence-corrected chi connectivity index (χ0v) is 27.4. The smallest absolute Gasteiger partial charge is 0.410 e. The fourth-order valence-electron chi connectivity index (χ4n) is 6.44. The van der Waals surface area contributed by atoms with Crippen molar-refractivity contribution in [3.63, 3.8) is 0 Å². The minimum Gasteiger partial charge on any atom is -0.444 e. The Morgan fingerprint density at radius 2 is 1.38 bits per heavy atom. The van der Waals surface area contributed by atoms with Gasteiger partial charge in [-0.15, -0.1) is 0 Å². The molecule has 5 aromatic rings. The van der Waals surface area contributed by atoms with Crippen LogP contribution < -0.4 is 0 Å². The van der Waals surface area contributed by atoms with E-state index >= 15 is 0 Å². The Morgan fingerprint density at radius 1 is 0.771 bits per heavy atom. The predicted molar refractivity (Wildman–Crippen MR) is 179 cm³/mol. The van der Waals surface area contributed by atoms with Gasteiger partial charge in [-0.2, -0.15) is 0 Å². The third-order valence-electron chi connectivity index (χ3n) is 8.77. The average Bonchev–Trinajstić information content (AvgIpc) is 3.91. The molecule has 246 valence electrons. The van der Waals surface area contributed by atoms with Crippen molar-refractivity contribution < 1.29 is 14.3 Å². The summed E-state index contributed by atoms with van der Waals surface area (Å²) in [6, 6.07) is 11.6. The van der Waals surface area contributed by atoms with Crippen LogP contribution in [0.15, 0.2) is 73.6 Å². The molecule has 2 amide bonds. The minimum absolute atomic E-state index is 0.0675. The zero-order chi connectivity index (χ0) is 33.3. The molecule has 12 nitrogen and oxygen atoms in total. The van der Waals surface area contributed by atoms with Crippen LogP contribution in [0.2, 0.25) is 0 Å². The molecule has 0 radical (unpaired) electrons. The number of pyridine rings is 1. The van der Waals surface area contributed by atoms with Crippen LogP contribution in [0.4, 0.5) is 4.79 Å². The van der Waals surface area contributed by atoms with E-state index in [-0.39, 0.29) is 24.1 Å². The highest BCUT2D eigenvalue weighted by Gasteiger charge is 2.35. The normalized spacial score (nSPS) is 18.0. The first-order valence-corrected chi connectivity index (χ1v) is 16.4. The average molecular weight is 646 g/mol. The van der Waals surface area contributed by atoms with Crippen molar-refractivity contribution in [2.24, 2.45) is 0 Å². The maximum atomic E-state index is 13.1. The Morgan fingerprint density at radius 3 is 2.00 bits per heavy atom. The van der Waals surface area contributed by atoms with Crippen molar-refractivity contribution in [3.8, 4) is 33.9 Å². The number of nitrogens with one attached hydrogen (secondary N) is 2. The number of carbonyl (C=O) groups excluding carboxylic acids is 2. The first-order valence-electron chi connectivity index (χ1n) is 16.4. The monoisotopic (exact) mass is 645 g/mol. The molecule has 2 aliphatic rings. The van der Waals surface area contributed by atoms with Crippen LogP contribution in [0.1, 0.15) is 75.8 Å².